The summed E-state index contributed by atoms with van der Waals surface area (Å²) in [7, 11) is 0. The van der Waals surface area contributed by atoms with Gasteiger partial charge in [0.1, 0.15) is 0 Å². The zero-order chi connectivity index (χ0) is 15.7. The zero-order valence-corrected chi connectivity index (χ0v) is 12.0. The van der Waals surface area contributed by atoms with E-state index in [1.807, 2.05) is 19.1 Å². The Morgan fingerprint density at radius 1 is 1.24 bits per heavy atom. The number of carboxylic acid groups (broad SMARTS) is 1. The van der Waals surface area contributed by atoms with Gasteiger partial charge < -0.3 is 20.3 Å². The normalized spacial score (nSPS) is 12.1. The first-order chi connectivity index (χ1) is 10.0. The maximum atomic E-state index is 12.3. The van der Waals surface area contributed by atoms with E-state index in [-0.39, 0.29) is 25.4 Å². The third kappa shape index (κ3) is 6.48. The minimum atomic E-state index is -1.04. The molecule has 6 heteroatoms. The van der Waals surface area contributed by atoms with Crippen molar-refractivity contribution in [2.45, 2.75) is 19.4 Å². The zero-order valence-electron chi connectivity index (χ0n) is 12.0. The van der Waals surface area contributed by atoms with Gasteiger partial charge >= 0.3 is 5.97 Å². The quantitative estimate of drug-likeness (QED) is 0.432. The molecule has 0 bridgehead atoms. The van der Waals surface area contributed by atoms with Crippen LogP contribution < -0.4 is 5.32 Å². The molecule has 21 heavy (non-hydrogen) atoms. The van der Waals surface area contributed by atoms with Gasteiger partial charge in [0.15, 0.2) is 5.78 Å². The van der Waals surface area contributed by atoms with E-state index in [2.05, 4.69) is 5.32 Å². The number of nitrogens with one attached hydrogen (secondary N) is 1. The van der Waals surface area contributed by atoms with Gasteiger partial charge in [-0.25, -0.2) is 0 Å². The maximum absolute atomic E-state index is 12.3. The van der Waals surface area contributed by atoms with Crippen molar-refractivity contribution < 1.29 is 24.5 Å². The summed E-state index contributed by atoms with van der Waals surface area (Å²) in [4.78, 5) is 23.2. The molecule has 0 saturated heterocycles. The molecule has 1 aromatic rings. The van der Waals surface area contributed by atoms with E-state index in [9.17, 15) is 9.59 Å². The molecule has 0 heterocycles. The largest absolute Gasteiger partial charge is 0.481 e. The monoisotopic (exact) mass is 295 g/mol. The topological polar surface area (TPSA) is 95.9 Å². The van der Waals surface area contributed by atoms with Crippen molar-refractivity contribution >= 4 is 11.8 Å². The molecule has 1 rings (SSSR count). The summed E-state index contributed by atoms with van der Waals surface area (Å²) in [5.74, 6) is -1.29. The fourth-order valence-electron chi connectivity index (χ4n) is 1.82. The Hall–Kier alpha value is -1.76. The Morgan fingerprint density at radius 3 is 2.48 bits per heavy atom. The molecule has 0 amide bonds. The van der Waals surface area contributed by atoms with Crippen LogP contribution >= 0.6 is 0 Å². The van der Waals surface area contributed by atoms with E-state index < -0.39 is 12.0 Å². The number of ether oxygens (including phenoxy) is 1. The van der Waals surface area contributed by atoms with Crippen molar-refractivity contribution in [2.75, 3.05) is 26.4 Å². The van der Waals surface area contributed by atoms with Crippen LogP contribution in [0.5, 0.6) is 0 Å². The summed E-state index contributed by atoms with van der Waals surface area (Å²) < 4.78 is 5.07. The van der Waals surface area contributed by atoms with Gasteiger partial charge in [-0.3, -0.25) is 9.59 Å². The van der Waals surface area contributed by atoms with Gasteiger partial charge in [-0.15, -0.1) is 0 Å². The van der Waals surface area contributed by atoms with E-state index >= 15 is 0 Å². The second-order valence-electron chi connectivity index (χ2n) is 4.67. The summed E-state index contributed by atoms with van der Waals surface area (Å²) in [5, 5.41) is 20.4. The first kappa shape index (κ1) is 17.3. The Labute approximate surface area is 123 Å². The molecular weight excluding hydrogens is 274 g/mol. The number of aliphatic hydroxyl groups excluding tert-OH is 1. The van der Waals surface area contributed by atoms with Crippen LogP contribution in [0.3, 0.4) is 0 Å². The highest BCUT2D eigenvalue weighted by Crippen LogP contribution is 2.08. The number of ketones is 1. The third-order valence-corrected chi connectivity index (χ3v) is 2.90. The third-order valence-electron chi connectivity index (χ3n) is 2.90. The van der Waals surface area contributed by atoms with Gasteiger partial charge in [0.05, 0.1) is 32.3 Å². The number of hydrogen-bond donors (Lipinski definition) is 3. The number of benzene rings is 1. The molecule has 0 spiro atoms. The van der Waals surface area contributed by atoms with Gasteiger partial charge in [-0.05, 0) is 6.92 Å². The Bertz CT molecular complexity index is 458. The van der Waals surface area contributed by atoms with Crippen molar-refractivity contribution in [2.24, 2.45) is 0 Å². The van der Waals surface area contributed by atoms with Crippen LogP contribution in [0.1, 0.15) is 22.3 Å². The van der Waals surface area contributed by atoms with Crippen LogP contribution in [0.15, 0.2) is 24.3 Å². The number of hydrogen-bond acceptors (Lipinski definition) is 5. The first-order valence-electron chi connectivity index (χ1n) is 6.79. The lowest BCUT2D eigenvalue weighted by Crippen LogP contribution is -2.40. The highest BCUT2D eigenvalue weighted by Gasteiger charge is 2.22. The molecule has 116 valence electrons. The van der Waals surface area contributed by atoms with Crippen LogP contribution in [-0.2, 0) is 9.53 Å². The molecule has 0 fully saturated rings. The van der Waals surface area contributed by atoms with Crippen LogP contribution in [0.4, 0.5) is 0 Å². The highest BCUT2D eigenvalue weighted by molar-refractivity contribution is 6.01. The van der Waals surface area contributed by atoms with Crippen molar-refractivity contribution in [3.8, 4) is 0 Å². The fourth-order valence-corrected chi connectivity index (χ4v) is 1.82. The summed E-state index contributed by atoms with van der Waals surface area (Å²) in [6.45, 7) is 2.71. The van der Waals surface area contributed by atoms with Gasteiger partial charge in [-0.1, -0.05) is 29.8 Å². The summed E-state index contributed by atoms with van der Waals surface area (Å²) in [6, 6.07) is 6.22. The molecule has 0 aliphatic heterocycles. The molecule has 0 saturated carbocycles. The van der Waals surface area contributed by atoms with Crippen LogP contribution in [0.25, 0.3) is 0 Å². The number of carbonyl (C=O) groups is 2. The summed E-state index contributed by atoms with van der Waals surface area (Å²) >= 11 is 0. The predicted molar refractivity (Wildman–Crippen MR) is 77.5 cm³/mol. The Morgan fingerprint density at radius 2 is 1.90 bits per heavy atom. The van der Waals surface area contributed by atoms with E-state index in [0.717, 1.165) is 5.56 Å². The van der Waals surface area contributed by atoms with Crippen LogP contribution in [0, 0.1) is 6.92 Å². The molecule has 0 aliphatic rings. The maximum Gasteiger partial charge on any atom is 0.305 e. The van der Waals surface area contributed by atoms with E-state index in [1.54, 1.807) is 12.1 Å². The van der Waals surface area contributed by atoms with E-state index in [0.29, 0.717) is 18.7 Å². The number of aliphatic hydroxyl groups is 1. The fraction of sp³-hybridized carbons (Fsp3) is 0.467. The van der Waals surface area contributed by atoms with Gasteiger partial charge in [0.2, 0.25) is 0 Å². The van der Waals surface area contributed by atoms with Gasteiger partial charge in [0.25, 0.3) is 0 Å². The standard InChI is InChI=1S/C15H21NO5/c1-11-2-4-12(5-3-11)15(20)13(10-14(18)19)16-6-8-21-9-7-17/h2-5,13,16-17H,6-10H2,1H3,(H,18,19). The number of Topliss-reactive ketones (excluding diaryl/α,β-unsaturated/α-hetero) is 1. The molecule has 0 aliphatic carbocycles. The van der Waals surface area contributed by atoms with Gasteiger partial charge in [-0.2, -0.15) is 0 Å². The number of carboxylic acids is 1. The second kappa shape index (κ2) is 9.23. The highest BCUT2D eigenvalue weighted by atomic mass is 16.5. The lowest BCUT2D eigenvalue weighted by atomic mass is 10.0. The molecule has 1 aromatic carbocycles. The average molecular weight is 295 g/mol. The van der Waals surface area contributed by atoms with Crippen LogP contribution in [0.2, 0.25) is 0 Å². The summed E-state index contributed by atoms with van der Waals surface area (Å²) in [6.07, 6.45) is -0.285. The van der Waals surface area contributed by atoms with Gasteiger partial charge in [0, 0.05) is 12.1 Å². The predicted octanol–water partition coefficient (Wildman–Crippen LogP) is 0.620. The summed E-state index contributed by atoms with van der Waals surface area (Å²) in [5.41, 5.74) is 1.52. The first-order valence-corrected chi connectivity index (χ1v) is 6.79. The minimum absolute atomic E-state index is 0.0686. The second-order valence-corrected chi connectivity index (χ2v) is 4.67. The molecular formula is C15H21NO5. The molecule has 0 aromatic heterocycles. The number of aliphatic carboxylic acids is 1. The lowest BCUT2D eigenvalue weighted by molar-refractivity contribution is -0.137. The molecule has 1 atom stereocenters. The minimum Gasteiger partial charge on any atom is -0.481 e. The average Bonchev–Trinajstić information content (AvgIpc) is 2.45. The molecule has 3 N–H and O–H groups in total. The Kier molecular flexibility index (Phi) is 7.60. The molecule has 0 radical (unpaired) electrons. The molecule has 6 nitrogen and oxygen atoms in total. The number of aryl methyl sites for hydroxylation is 1. The SMILES string of the molecule is Cc1ccc(C(=O)C(CC(=O)O)NCCOCCO)cc1. The number of rotatable bonds is 10. The van der Waals surface area contributed by atoms with E-state index in [4.69, 9.17) is 14.9 Å². The number of carbonyl (C=O) groups excluding carboxylic acids is 1. The molecule has 1 unspecified atom stereocenters. The van der Waals surface area contributed by atoms with Crippen molar-refractivity contribution in [1.29, 1.82) is 0 Å². The van der Waals surface area contributed by atoms with Crippen molar-refractivity contribution in [1.82, 2.24) is 5.32 Å². The lowest BCUT2D eigenvalue weighted by Gasteiger charge is -2.16. The van der Waals surface area contributed by atoms with E-state index in [1.165, 1.54) is 0 Å². The Balaban J connectivity index is 2.61. The van der Waals surface area contributed by atoms with Crippen molar-refractivity contribution in [3.05, 3.63) is 35.4 Å². The van der Waals surface area contributed by atoms with Crippen molar-refractivity contribution in [3.63, 3.8) is 0 Å². The smallest absolute Gasteiger partial charge is 0.305 e. The van der Waals surface area contributed by atoms with Crippen LogP contribution in [-0.4, -0.2) is 54.4 Å².